The van der Waals surface area contributed by atoms with Crippen molar-refractivity contribution >= 4 is 11.8 Å². The van der Waals surface area contributed by atoms with Crippen molar-refractivity contribution in [1.82, 2.24) is 15.1 Å². The number of halogens is 3. The Morgan fingerprint density at radius 1 is 1.08 bits per heavy atom. The number of nitrogens with zero attached hydrogens (tertiary/aromatic N) is 2. The number of alkyl halides is 3. The lowest BCUT2D eigenvalue weighted by Gasteiger charge is -2.45. The van der Waals surface area contributed by atoms with Crippen molar-refractivity contribution in [3.05, 3.63) is 0 Å². The molecule has 1 saturated carbocycles. The first-order valence-electron chi connectivity index (χ1n) is 8.47. The van der Waals surface area contributed by atoms with Crippen LogP contribution in [0.3, 0.4) is 0 Å². The molecular formula is C16H26F3N3O2. The second-order valence-electron chi connectivity index (χ2n) is 7.35. The maximum Gasteiger partial charge on any atom is 0.471 e. The van der Waals surface area contributed by atoms with Gasteiger partial charge in [-0.3, -0.25) is 14.5 Å². The molecular weight excluding hydrogens is 323 g/mol. The third kappa shape index (κ3) is 4.20. The van der Waals surface area contributed by atoms with Gasteiger partial charge in [-0.15, -0.1) is 0 Å². The molecule has 0 aromatic carbocycles. The number of amides is 2. The van der Waals surface area contributed by atoms with Gasteiger partial charge in [0.2, 0.25) is 5.91 Å². The molecule has 0 aromatic heterocycles. The molecule has 1 saturated heterocycles. The number of carbonyl (C=O) groups is 2. The molecule has 2 amide bonds. The van der Waals surface area contributed by atoms with Crippen molar-refractivity contribution in [2.24, 2.45) is 0 Å². The predicted octanol–water partition coefficient (Wildman–Crippen LogP) is 1.92. The van der Waals surface area contributed by atoms with Crippen molar-refractivity contribution in [2.45, 2.75) is 70.3 Å². The second kappa shape index (κ2) is 6.90. The fourth-order valence-corrected chi connectivity index (χ4v) is 3.74. The van der Waals surface area contributed by atoms with E-state index in [1.165, 1.54) is 39.5 Å². The number of hydrogen-bond donors (Lipinski definition) is 1. The Hall–Kier alpha value is -1.31. The topological polar surface area (TPSA) is 52.7 Å². The van der Waals surface area contributed by atoms with Crippen molar-refractivity contribution in [3.8, 4) is 0 Å². The van der Waals surface area contributed by atoms with Gasteiger partial charge in [-0.05, 0) is 33.6 Å². The van der Waals surface area contributed by atoms with Gasteiger partial charge >= 0.3 is 12.1 Å². The van der Waals surface area contributed by atoms with E-state index in [9.17, 15) is 22.8 Å². The van der Waals surface area contributed by atoms with Gasteiger partial charge in [0.15, 0.2) is 0 Å². The van der Waals surface area contributed by atoms with Crippen LogP contribution in [0.2, 0.25) is 0 Å². The van der Waals surface area contributed by atoms with Crippen LogP contribution >= 0.6 is 0 Å². The van der Waals surface area contributed by atoms with Crippen LogP contribution in [0.1, 0.15) is 46.5 Å². The van der Waals surface area contributed by atoms with E-state index >= 15 is 0 Å². The highest BCUT2D eigenvalue weighted by atomic mass is 19.4. The lowest BCUT2D eigenvalue weighted by Crippen LogP contribution is -2.63. The Morgan fingerprint density at radius 2 is 1.67 bits per heavy atom. The fraction of sp³-hybridized carbons (Fsp3) is 0.875. The lowest BCUT2D eigenvalue weighted by molar-refractivity contribution is -0.176. The number of nitrogens with one attached hydrogen (secondary N) is 1. The number of rotatable bonds is 3. The summed E-state index contributed by atoms with van der Waals surface area (Å²) in [5.74, 6) is -2.56. The lowest BCUT2D eigenvalue weighted by atomic mass is 10.0. The highest BCUT2D eigenvalue weighted by Crippen LogP contribution is 2.27. The van der Waals surface area contributed by atoms with E-state index in [0.29, 0.717) is 19.1 Å². The van der Waals surface area contributed by atoms with Crippen molar-refractivity contribution in [3.63, 3.8) is 0 Å². The molecule has 0 radical (unpaired) electrons. The maximum atomic E-state index is 12.6. The van der Waals surface area contributed by atoms with Gasteiger partial charge in [-0.25, -0.2) is 0 Å². The molecule has 1 N–H and O–H groups in total. The quantitative estimate of drug-likeness (QED) is 0.847. The molecule has 24 heavy (non-hydrogen) atoms. The van der Waals surface area contributed by atoms with E-state index in [1.807, 2.05) is 6.92 Å². The molecule has 1 unspecified atom stereocenters. The molecule has 1 heterocycles. The molecule has 2 fully saturated rings. The molecule has 1 atom stereocenters. The summed E-state index contributed by atoms with van der Waals surface area (Å²) >= 11 is 0. The summed E-state index contributed by atoms with van der Waals surface area (Å²) in [5, 5.41) is 1.81. The molecule has 5 nitrogen and oxygen atoms in total. The van der Waals surface area contributed by atoms with Crippen molar-refractivity contribution in [1.29, 1.82) is 0 Å². The van der Waals surface area contributed by atoms with Gasteiger partial charge in [-0.1, -0.05) is 12.8 Å². The number of hydrogen-bond acceptors (Lipinski definition) is 3. The smallest absolute Gasteiger partial charge is 0.338 e. The Morgan fingerprint density at radius 3 is 2.17 bits per heavy atom. The molecule has 0 aromatic rings. The minimum Gasteiger partial charge on any atom is -0.338 e. The highest BCUT2D eigenvalue weighted by Gasteiger charge is 2.45. The second-order valence-corrected chi connectivity index (χ2v) is 7.35. The van der Waals surface area contributed by atoms with Crippen molar-refractivity contribution < 1.29 is 22.8 Å². The van der Waals surface area contributed by atoms with Crippen LogP contribution < -0.4 is 5.32 Å². The summed E-state index contributed by atoms with van der Waals surface area (Å²) in [6, 6.07) is 0.718. The van der Waals surface area contributed by atoms with Gasteiger partial charge in [0, 0.05) is 31.7 Å². The van der Waals surface area contributed by atoms with Crippen LogP contribution in [0, 0.1) is 0 Å². The van der Waals surface area contributed by atoms with Gasteiger partial charge in [0.1, 0.15) is 5.54 Å². The molecule has 0 bridgehead atoms. The third-order valence-electron chi connectivity index (χ3n) is 4.98. The number of carbonyl (C=O) groups excluding carboxylic acids is 2. The zero-order valence-corrected chi connectivity index (χ0v) is 14.4. The summed E-state index contributed by atoms with van der Waals surface area (Å²) < 4.78 is 37.3. The van der Waals surface area contributed by atoms with Crippen LogP contribution in [0.4, 0.5) is 13.2 Å². The molecule has 1 aliphatic heterocycles. The molecule has 2 aliphatic rings. The van der Waals surface area contributed by atoms with E-state index in [4.69, 9.17) is 0 Å². The summed E-state index contributed by atoms with van der Waals surface area (Å²) in [6.07, 6.45) is -0.192. The molecule has 2 rings (SSSR count). The van der Waals surface area contributed by atoms with Gasteiger partial charge in [0.25, 0.3) is 0 Å². The molecule has 1 aliphatic carbocycles. The van der Waals surface area contributed by atoms with E-state index in [-0.39, 0.29) is 6.04 Å². The van der Waals surface area contributed by atoms with Crippen LogP contribution in [0.25, 0.3) is 0 Å². The molecule has 0 spiro atoms. The van der Waals surface area contributed by atoms with Gasteiger partial charge in [0.05, 0.1) is 0 Å². The Kier molecular flexibility index (Phi) is 5.47. The van der Waals surface area contributed by atoms with E-state index in [0.717, 1.165) is 6.54 Å². The Labute approximate surface area is 140 Å². The normalized spacial score (nSPS) is 24.2. The largest absolute Gasteiger partial charge is 0.471 e. The van der Waals surface area contributed by atoms with Crippen LogP contribution in [-0.4, -0.2) is 65.0 Å². The van der Waals surface area contributed by atoms with Crippen LogP contribution in [0.15, 0.2) is 0 Å². The predicted molar refractivity (Wildman–Crippen MR) is 83.3 cm³/mol. The number of piperazine rings is 1. The van der Waals surface area contributed by atoms with E-state index in [2.05, 4.69) is 4.90 Å². The minimum atomic E-state index is -4.99. The monoisotopic (exact) mass is 349 g/mol. The first kappa shape index (κ1) is 19.0. The Balaban J connectivity index is 1.96. The SMILES string of the molecule is CC1CN(C(=O)C(C)(C)NC(=O)C(F)(F)F)CCN1C1CCCC1. The van der Waals surface area contributed by atoms with E-state index in [1.54, 1.807) is 10.2 Å². The third-order valence-corrected chi connectivity index (χ3v) is 4.98. The highest BCUT2D eigenvalue weighted by molar-refractivity contribution is 5.92. The molecule has 8 heteroatoms. The summed E-state index contributed by atoms with van der Waals surface area (Å²) in [7, 11) is 0. The summed E-state index contributed by atoms with van der Waals surface area (Å²) in [4.78, 5) is 27.7. The zero-order valence-electron chi connectivity index (χ0n) is 14.4. The first-order valence-corrected chi connectivity index (χ1v) is 8.47. The summed E-state index contributed by atoms with van der Waals surface area (Å²) in [5.41, 5.74) is -1.58. The Bertz CT molecular complexity index is 487. The first-order chi connectivity index (χ1) is 11.0. The van der Waals surface area contributed by atoms with Gasteiger partial charge in [-0.2, -0.15) is 13.2 Å². The minimum absolute atomic E-state index is 0.167. The fourth-order valence-electron chi connectivity index (χ4n) is 3.74. The average Bonchev–Trinajstić information content (AvgIpc) is 2.98. The average molecular weight is 349 g/mol. The van der Waals surface area contributed by atoms with Crippen LogP contribution in [-0.2, 0) is 9.59 Å². The van der Waals surface area contributed by atoms with Gasteiger partial charge < -0.3 is 10.2 Å². The summed E-state index contributed by atoms with van der Waals surface area (Å²) in [6.45, 7) is 6.34. The maximum absolute atomic E-state index is 12.6. The van der Waals surface area contributed by atoms with E-state index < -0.39 is 23.5 Å². The molecule has 138 valence electrons. The standard InChI is InChI=1S/C16H26F3N3O2/c1-11-10-21(8-9-22(11)12-6-4-5-7-12)14(24)15(2,3)20-13(23)16(17,18)19/h11-12H,4-10H2,1-3H3,(H,20,23). The van der Waals surface area contributed by atoms with Crippen LogP contribution in [0.5, 0.6) is 0 Å². The zero-order chi connectivity index (χ0) is 18.1. The van der Waals surface area contributed by atoms with Crippen molar-refractivity contribution in [2.75, 3.05) is 19.6 Å².